The van der Waals surface area contributed by atoms with Crippen LogP contribution in [0, 0.1) is 40.4 Å². The topological polar surface area (TPSA) is 33.0 Å². The van der Waals surface area contributed by atoms with E-state index in [1.807, 2.05) is 0 Å². The molecule has 0 spiro atoms. The predicted molar refractivity (Wildman–Crippen MR) is 46.6 cm³/mol. The molecule has 0 heterocycles. The second kappa shape index (κ2) is 4.99. The minimum absolute atomic E-state index is 0.0377. The molecule has 0 aliphatic heterocycles. The van der Waals surface area contributed by atoms with Gasteiger partial charge in [0.25, 0.3) is 0 Å². The predicted octanol–water partition coefficient (Wildman–Crippen LogP) is 3.06. The van der Waals surface area contributed by atoms with Crippen molar-refractivity contribution in [1.82, 2.24) is 0 Å². The molecule has 0 N–H and O–H groups in total. The molecule has 0 fully saturated rings. The maximum atomic E-state index is 13.1. The van der Waals surface area contributed by atoms with Crippen LogP contribution in [0.4, 0.5) is 22.0 Å². The number of hydrogen-bond acceptors (Lipinski definition) is 2. The van der Waals surface area contributed by atoms with Crippen molar-refractivity contribution >= 4 is 0 Å². The van der Waals surface area contributed by atoms with Crippen LogP contribution in [-0.2, 0) is 0 Å². The Hall–Kier alpha value is -1.84. The molecule has 0 radical (unpaired) electrons. The number of rotatable bonds is 3. The quantitative estimate of drug-likeness (QED) is 0.470. The highest BCUT2D eigenvalue weighted by molar-refractivity contribution is 5.30. The molecule has 92 valence electrons. The summed E-state index contributed by atoms with van der Waals surface area (Å²) in [6, 6.07) is 1.51. The number of halogens is 5. The first-order chi connectivity index (χ1) is 7.93. The van der Waals surface area contributed by atoms with Gasteiger partial charge in [0.1, 0.15) is 6.07 Å². The molecular formula is C10H6F5NO. The first-order valence-corrected chi connectivity index (χ1v) is 4.51. The number of ether oxygens (including phenoxy) is 1. The molecule has 0 aliphatic carbocycles. The van der Waals surface area contributed by atoms with Gasteiger partial charge in [0.15, 0.2) is 11.9 Å². The fraction of sp³-hybridized carbons (Fsp3) is 0.300. The molecule has 0 aromatic heterocycles. The second-order valence-corrected chi connectivity index (χ2v) is 3.04. The van der Waals surface area contributed by atoms with Gasteiger partial charge >= 0.3 is 0 Å². The summed E-state index contributed by atoms with van der Waals surface area (Å²) >= 11 is 0. The van der Waals surface area contributed by atoms with Crippen molar-refractivity contribution in [2.75, 3.05) is 0 Å². The highest BCUT2D eigenvalue weighted by Crippen LogP contribution is 2.29. The van der Waals surface area contributed by atoms with Gasteiger partial charge in [-0.25, -0.2) is 13.2 Å². The average molecular weight is 251 g/mol. The van der Waals surface area contributed by atoms with Crippen LogP contribution in [0.2, 0.25) is 0 Å². The van der Waals surface area contributed by atoms with Crippen molar-refractivity contribution < 1.29 is 26.7 Å². The zero-order valence-electron chi connectivity index (χ0n) is 8.53. The normalized spacial score (nSPS) is 12.1. The van der Waals surface area contributed by atoms with E-state index >= 15 is 0 Å². The van der Waals surface area contributed by atoms with E-state index in [1.54, 1.807) is 0 Å². The third-order valence-corrected chi connectivity index (χ3v) is 1.94. The molecule has 0 saturated heterocycles. The number of nitriles is 1. The van der Waals surface area contributed by atoms with Crippen molar-refractivity contribution in [3.05, 3.63) is 29.1 Å². The van der Waals surface area contributed by atoms with Crippen LogP contribution in [0.1, 0.15) is 13.3 Å². The van der Waals surface area contributed by atoms with Gasteiger partial charge in [-0.2, -0.15) is 14.0 Å². The lowest BCUT2D eigenvalue weighted by molar-refractivity contribution is 0.216. The summed E-state index contributed by atoms with van der Waals surface area (Å²) in [6.07, 6.45) is -1.25. The van der Waals surface area contributed by atoms with Crippen molar-refractivity contribution in [3.63, 3.8) is 0 Å². The molecule has 1 aromatic rings. The van der Waals surface area contributed by atoms with E-state index in [1.165, 1.54) is 13.0 Å². The van der Waals surface area contributed by atoms with Crippen LogP contribution in [-0.4, -0.2) is 6.10 Å². The molecule has 17 heavy (non-hydrogen) atoms. The van der Waals surface area contributed by atoms with E-state index in [-0.39, 0.29) is 6.42 Å². The van der Waals surface area contributed by atoms with E-state index in [9.17, 15) is 22.0 Å². The van der Waals surface area contributed by atoms with Crippen molar-refractivity contribution in [2.45, 2.75) is 19.4 Å². The van der Waals surface area contributed by atoms with E-state index in [4.69, 9.17) is 5.26 Å². The van der Waals surface area contributed by atoms with Crippen molar-refractivity contribution in [1.29, 1.82) is 5.26 Å². The fourth-order valence-electron chi connectivity index (χ4n) is 1.03. The Kier molecular flexibility index (Phi) is 3.89. The zero-order valence-corrected chi connectivity index (χ0v) is 8.53. The van der Waals surface area contributed by atoms with Crippen LogP contribution in [0.15, 0.2) is 0 Å². The summed E-state index contributed by atoms with van der Waals surface area (Å²) in [5.41, 5.74) is 0. The van der Waals surface area contributed by atoms with E-state index in [2.05, 4.69) is 4.74 Å². The smallest absolute Gasteiger partial charge is 0.207 e. The number of nitrogens with zero attached hydrogens (tertiary/aromatic N) is 1. The van der Waals surface area contributed by atoms with Gasteiger partial charge in [-0.15, -0.1) is 0 Å². The number of benzene rings is 1. The summed E-state index contributed by atoms with van der Waals surface area (Å²) in [5, 5.41) is 8.48. The maximum Gasteiger partial charge on any atom is 0.207 e. The zero-order chi connectivity index (χ0) is 13.2. The summed E-state index contributed by atoms with van der Waals surface area (Å²) in [5.74, 6) is -12.1. The molecule has 0 amide bonds. The molecule has 1 atom stereocenters. The minimum atomic E-state index is -2.27. The van der Waals surface area contributed by atoms with E-state index in [0.29, 0.717) is 0 Å². The third-order valence-electron chi connectivity index (χ3n) is 1.94. The Labute approximate surface area is 93.2 Å². The Balaban J connectivity index is 3.30. The lowest BCUT2D eigenvalue weighted by Crippen LogP contribution is -2.16. The molecular weight excluding hydrogens is 245 g/mol. The van der Waals surface area contributed by atoms with Gasteiger partial charge in [0.2, 0.25) is 29.1 Å². The largest absolute Gasteiger partial charge is 0.469 e. The first kappa shape index (κ1) is 13.2. The lowest BCUT2D eigenvalue weighted by atomic mass is 10.2. The minimum Gasteiger partial charge on any atom is -0.469 e. The Morgan fingerprint density at radius 1 is 1.00 bits per heavy atom. The SMILES string of the molecule is CCC(C#N)Oc1c(F)c(F)c(F)c(F)c1F. The highest BCUT2D eigenvalue weighted by atomic mass is 19.2. The maximum absolute atomic E-state index is 13.1. The van der Waals surface area contributed by atoms with Gasteiger partial charge in [-0.3, -0.25) is 0 Å². The Bertz CT molecular complexity index is 454. The molecule has 1 unspecified atom stereocenters. The molecule has 0 bridgehead atoms. The average Bonchev–Trinajstić information content (AvgIpc) is 2.34. The number of hydrogen-bond donors (Lipinski definition) is 0. The van der Waals surface area contributed by atoms with Gasteiger partial charge in [0, 0.05) is 0 Å². The Morgan fingerprint density at radius 3 is 1.76 bits per heavy atom. The molecule has 7 heteroatoms. The third kappa shape index (κ3) is 2.30. The van der Waals surface area contributed by atoms with Crippen molar-refractivity contribution in [2.24, 2.45) is 0 Å². The van der Waals surface area contributed by atoms with Crippen LogP contribution in [0.3, 0.4) is 0 Å². The highest BCUT2D eigenvalue weighted by Gasteiger charge is 2.28. The van der Waals surface area contributed by atoms with Crippen LogP contribution in [0.5, 0.6) is 5.75 Å². The summed E-state index contributed by atoms with van der Waals surface area (Å²) in [6.45, 7) is 1.46. The summed E-state index contributed by atoms with van der Waals surface area (Å²) in [4.78, 5) is 0. The van der Waals surface area contributed by atoms with E-state index in [0.717, 1.165) is 0 Å². The van der Waals surface area contributed by atoms with E-state index < -0.39 is 40.9 Å². The molecule has 0 aliphatic rings. The van der Waals surface area contributed by atoms with Gasteiger partial charge in [-0.05, 0) is 6.42 Å². The molecule has 2 nitrogen and oxygen atoms in total. The summed E-state index contributed by atoms with van der Waals surface area (Å²) in [7, 11) is 0. The Morgan fingerprint density at radius 2 is 1.41 bits per heavy atom. The monoisotopic (exact) mass is 251 g/mol. The first-order valence-electron chi connectivity index (χ1n) is 4.51. The lowest BCUT2D eigenvalue weighted by Gasteiger charge is -2.12. The fourth-order valence-corrected chi connectivity index (χ4v) is 1.03. The van der Waals surface area contributed by atoms with Gasteiger partial charge < -0.3 is 4.74 Å². The molecule has 1 aromatic carbocycles. The van der Waals surface area contributed by atoms with Gasteiger partial charge in [0.05, 0.1) is 0 Å². The standard InChI is InChI=1S/C10H6F5NO/c1-2-4(3-16)17-10-8(14)6(12)5(11)7(13)9(10)15/h4H,2H2,1H3. The summed E-state index contributed by atoms with van der Waals surface area (Å²) < 4.78 is 68.7. The molecule has 0 saturated carbocycles. The van der Waals surface area contributed by atoms with Crippen molar-refractivity contribution in [3.8, 4) is 11.8 Å². The van der Waals surface area contributed by atoms with Gasteiger partial charge in [-0.1, -0.05) is 6.92 Å². The van der Waals surface area contributed by atoms with Crippen LogP contribution in [0.25, 0.3) is 0 Å². The second-order valence-electron chi connectivity index (χ2n) is 3.04. The van der Waals surface area contributed by atoms with Crippen LogP contribution >= 0.6 is 0 Å². The van der Waals surface area contributed by atoms with Crippen LogP contribution < -0.4 is 4.74 Å². The molecule has 1 rings (SSSR count).